The summed E-state index contributed by atoms with van der Waals surface area (Å²) >= 11 is 0. The fourth-order valence-corrected chi connectivity index (χ4v) is 5.18. The Bertz CT molecular complexity index is 1090. The summed E-state index contributed by atoms with van der Waals surface area (Å²) in [6.45, 7) is 1.67. The number of pyridine rings is 1. The zero-order valence-corrected chi connectivity index (χ0v) is 16.0. The molecule has 2 aromatic heterocycles. The summed E-state index contributed by atoms with van der Waals surface area (Å²) in [5, 5.41) is 14.8. The number of aryl methyl sites for hydroxylation is 2. The highest BCUT2D eigenvalue weighted by atomic mass is 32.2. The molecule has 0 spiro atoms. The molecule has 0 aliphatic heterocycles. The van der Waals surface area contributed by atoms with Crippen LogP contribution in [0.3, 0.4) is 0 Å². The Kier molecular flexibility index (Phi) is 4.49. The second-order valence-electron chi connectivity index (χ2n) is 7.20. The van der Waals surface area contributed by atoms with Gasteiger partial charge in [0.1, 0.15) is 4.90 Å². The number of hydrogen-bond donors (Lipinski definition) is 2. The lowest BCUT2D eigenvalue weighted by atomic mass is 9.75. The van der Waals surface area contributed by atoms with Crippen molar-refractivity contribution < 1.29 is 13.5 Å². The highest BCUT2D eigenvalue weighted by Gasteiger charge is 2.38. The van der Waals surface area contributed by atoms with Crippen LogP contribution in [0.25, 0.3) is 10.9 Å². The maximum absolute atomic E-state index is 13.0. The van der Waals surface area contributed by atoms with Crippen LogP contribution in [0.2, 0.25) is 0 Å². The third-order valence-corrected chi connectivity index (χ3v) is 6.68. The quantitative estimate of drug-likeness (QED) is 0.700. The van der Waals surface area contributed by atoms with E-state index >= 15 is 0 Å². The average Bonchev–Trinajstić information content (AvgIpc) is 2.96. The number of aliphatic hydroxyl groups excluding tert-OH is 1. The van der Waals surface area contributed by atoms with Crippen molar-refractivity contribution in [2.75, 3.05) is 0 Å². The third kappa shape index (κ3) is 3.47. The van der Waals surface area contributed by atoms with Crippen LogP contribution in [0.5, 0.6) is 0 Å². The van der Waals surface area contributed by atoms with Crippen LogP contribution in [-0.4, -0.2) is 34.4 Å². The SMILES string of the molecule is Cc1nn(C)cc1S(=O)(=O)N[C@H](c1cnc2ccccc2c1)C1CC(O)C1. The van der Waals surface area contributed by atoms with Gasteiger partial charge in [-0.3, -0.25) is 9.67 Å². The highest BCUT2D eigenvalue weighted by Crippen LogP contribution is 2.39. The molecule has 7 nitrogen and oxygen atoms in total. The lowest BCUT2D eigenvalue weighted by molar-refractivity contribution is 0.0280. The smallest absolute Gasteiger partial charge is 0.244 e. The number of nitrogens with zero attached hydrogens (tertiary/aromatic N) is 3. The van der Waals surface area contributed by atoms with Crippen LogP contribution in [0.1, 0.15) is 30.1 Å². The van der Waals surface area contributed by atoms with E-state index < -0.39 is 16.1 Å². The number of benzene rings is 1. The van der Waals surface area contributed by atoms with Crippen molar-refractivity contribution in [2.24, 2.45) is 13.0 Å². The first-order chi connectivity index (χ1) is 12.8. The molecule has 1 aromatic carbocycles. The van der Waals surface area contributed by atoms with Crippen molar-refractivity contribution in [3.05, 3.63) is 54.0 Å². The van der Waals surface area contributed by atoms with Gasteiger partial charge in [-0.15, -0.1) is 0 Å². The van der Waals surface area contributed by atoms with Crippen molar-refractivity contribution in [1.29, 1.82) is 0 Å². The molecule has 1 aliphatic carbocycles. The molecule has 0 unspecified atom stereocenters. The van der Waals surface area contributed by atoms with E-state index in [0.717, 1.165) is 16.5 Å². The lowest BCUT2D eigenvalue weighted by Gasteiger charge is -2.38. The minimum absolute atomic E-state index is 0.0229. The van der Waals surface area contributed by atoms with E-state index in [9.17, 15) is 13.5 Å². The maximum Gasteiger partial charge on any atom is 0.244 e. The van der Waals surface area contributed by atoms with Crippen molar-refractivity contribution in [2.45, 2.75) is 36.8 Å². The van der Waals surface area contributed by atoms with Gasteiger partial charge in [-0.1, -0.05) is 18.2 Å². The molecule has 2 heterocycles. The first-order valence-corrected chi connectivity index (χ1v) is 10.4. The number of rotatable bonds is 5. The minimum atomic E-state index is -3.75. The predicted octanol–water partition coefficient (Wildman–Crippen LogP) is 2.07. The fraction of sp³-hybridized carbons (Fsp3) is 0.368. The summed E-state index contributed by atoms with van der Waals surface area (Å²) in [5.74, 6) is 0.0229. The summed E-state index contributed by atoms with van der Waals surface area (Å²) in [5.41, 5.74) is 2.12. The topological polar surface area (TPSA) is 97.1 Å². The van der Waals surface area contributed by atoms with Gasteiger partial charge >= 0.3 is 0 Å². The normalized spacial score (nSPS) is 21.1. The Morgan fingerprint density at radius 3 is 2.70 bits per heavy atom. The summed E-state index contributed by atoms with van der Waals surface area (Å²) in [4.78, 5) is 4.64. The number of hydrogen-bond acceptors (Lipinski definition) is 5. The predicted molar refractivity (Wildman–Crippen MR) is 101 cm³/mol. The molecule has 1 aliphatic rings. The minimum Gasteiger partial charge on any atom is -0.393 e. The van der Waals surface area contributed by atoms with Gasteiger partial charge < -0.3 is 5.11 Å². The van der Waals surface area contributed by atoms with Crippen LogP contribution in [0.4, 0.5) is 0 Å². The van der Waals surface area contributed by atoms with Gasteiger partial charge in [0.05, 0.1) is 23.4 Å². The number of aromatic nitrogens is 3. The van der Waals surface area contributed by atoms with Crippen molar-refractivity contribution in [3.8, 4) is 0 Å². The Balaban J connectivity index is 1.71. The summed E-state index contributed by atoms with van der Waals surface area (Å²) in [6, 6.07) is 9.25. The Morgan fingerprint density at radius 1 is 1.30 bits per heavy atom. The molecule has 1 atom stereocenters. The number of fused-ring (bicyclic) bond motifs is 1. The molecule has 3 aromatic rings. The van der Waals surface area contributed by atoms with Crippen LogP contribution in [0.15, 0.2) is 47.6 Å². The number of aliphatic hydroxyl groups is 1. The van der Waals surface area contributed by atoms with E-state index in [1.165, 1.54) is 10.9 Å². The standard InChI is InChI=1S/C19H22N4O3S/c1-12-18(11-23(2)21-12)27(25,26)22-19(14-8-16(24)9-14)15-7-13-5-3-4-6-17(13)20-10-15/h3-7,10-11,14,16,19,22,24H,8-9H2,1-2H3/t14?,16?,19-/m0/s1. The number of nitrogens with one attached hydrogen (secondary N) is 1. The Morgan fingerprint density at radius 2 is 2.04 bits per heavy atom. The zero-order chi connectivity index (χ0) is 19.2. The van der Waals surface area contributed by atoms with E-state index in [1.54, 1.807) is 20.2 Å². The first-order valence-electron chi connectivity index (χ1n) is 8.89. The van der Waals surface area contributed by atoms with Gasteiger partial charge in [0.15, 0.2) is 0 Å². The molecule has 0 saturated heterocycles. The maximum atomic E-state index is 13.0. The van der Waals surface area contributed by atoms with Crippen molar-refractivity contribution in [1.82, 2.24) is 19.5 Å². The van der Waals surface area contributed by atoms with Gasteiger partial charge in [0.2, 0.25) is 10.0 Å². The molecule has 4 rings (SSSR count). The van der Waals surface area contributed by atoms with E-state index in [1.807, 2.05) is 30.3 Å². The van der Waals surface area contributed by atoms with Crippen LogP contribution >= 0.6 is 0 Å². The van der Waals surface area contributed by atoms with Crippen LogP contribution in [0, 0.1) is 12.8 Å². The summed E-state index contributed by atoms with van der Waals surface area (Å²) in [6.07, 6.45) is 3.97. The molecule has 27 heavy (non-hydrogen) atoms. The van der Waals surface area contributed by atoms with E-state index in [0.29, 0.717) is 18.5 Å². The molecule has 0 amide bonds. The second kappa shape index (κ2) is 6.70. The second-order valence-corrected chi connectivity index (χ2v) is 8.88. The zero-order valence-electron chi connectivity index (χ0n) is 15.2. The average molecular weight is 386 g/mol. The van der Waals surface area contributed by atoms with E-state index in [2.05, 4.69) is 14.8 Å². The molecule has 1 fully saturated rings. The summed E-state index contributed by atoms with van der Waals surface area (Å²) < 4.78 is 30.3. The van der Waals surface area contributed by atoms with Crippen LogP contribution < -0.4 is 4.72 Å². The highest BCUT2D eigenvalue weighted by molar-refractivity contribution is 7.89. The van der Waals surface area contributed by atoms with Gasteiger partial charge in [0.25, 0.3) is 0 Å². The van der Waals surface area contributed by atoms with Crippen molar-refractivity contribution >= 4 is 20.9 Å². The molecular formula is C19H22N4O3S. The van der Waals surface area contributed by atoms with Gasteiger partial charge in [-0.05, 0) is 43.4 Å². The van der Waals surface area contributed by atoms with Crippen LogP contribution in [-0.2, 0) is 17.1 Å². The molecule has 0 bridgehead atoms. The molecule has 2 N–H and O–H groups in total. The fourth-order valence-electron chi connectivity index (χ4n) is 3.67. The Hall–Kier alpha value is -2.29. The molecule has 142 valence electrons. The van der Waals surface area contributed by atoms with E-state index in [-0.39, 0.29) is 16.9 Å². The van der Waals surface area contributed by atoms with Gasteiger partial charge in [-0.2, -0.15) is 5.10 Å². The monoisotopic (exact) mass is 386 g/mol. The number of sulfonamides is 1. The third-order valence-electron chi connectivity index (χ3n) is 5.13. The molecule has 0 radical (unpaired) electrons. The molecular weight excluding hydrogens is 364 g/mol. The van der Waals surface area contributed by atoms with Gasteiger partial charge in [-0.25, -0.2) is 13.1 Å². The Labute approximate surface area is 158 Å². The first kappa shape index (κ1) is 18.1. The molecule has 8 heteroatoms. The summed E-state index contributed by atoms with van der Waals surface area (Å²) in [7, 11) is -2.06. The lowest BCUT2D eigenvalue weighted by Crippen LogP contribution is -2.41. The van der Waals surface area contributed by atoms with E-state index in [4.69, 9.17) is 0 Å². The largest absolute Gasteiger partial charge is 0.393 e. The number of para-hydroxylation sites is 1. The van der Waals surface area contributed by atoms with Crippen molar-refractivity contribution in [3.63, 3.8) is 0 Å². The molecule has 1 saturated carbocycles. The van der Waals surface area contributed by atoms with Gasteiger partial charge in [0, 0.05) is 24.8 Å².